The summed E-state index contributed by atoms with van der Waals surface area (Å²) in [7, 11) is 1.65. The van der Waals surface area contributed by atoms with E-state index in [2.05, 4.69) is 5.32 Å². The minimum Gasteiger partial charge on any atom is -0.301 e. The van der Waals surface area contributed by atoms with Gasteiger partial charge in [-0.2, -0.15) is 0 Å². The van der Waals surface area contributed by atoms with Crippen molar-refractivity contribution in [2.24, 2.45) is 0 Å². The SMILES string of the molecule is CNC(Cl)/C=C/F. The lowest BCUT2D eigenvalue weighted by atomic mass is 10.6. The van der Waals surface area contributed by atoms with Crippen LogP contribution in [0, 0.1) is 0 Å². The second-order valence-electron chi connectivity index (χ2n) is 1.01. The molecule has 0 radical (unpaired) electrons. The Balaban J connectivity index is 3.16. The number of hydrogen-bond donors (Lipinski definition) is 1. The lowest BCUT2D eigenvalue weighted by molar-refractivity contribution is 0.706. The molecular weight excluding hydrogens is 117 g/mol. The second-order valence-corrected chi connectivity index (χ2v) is 1.48. The number of alkyl halides is 1. The molecule has 0 amide bonds. The fraction of sp³-hybridized carbons (Fsp3) is 0.500. The molecule has 0 heterocycles. The fourth-order valence-corrected chi connectivity index (χ4v) is 0.215. The molecule has 0 rings (SSSR count). The van der Waals surface area contributed by atoms with Crippen LogP contribution >= 0.6 is 11.6 Å². The fourth-order valence-electron chi connectivity index (χ4n) is 0.160. The first kappa shape index (κ1) is 6.92. The molecule has 0 aromatic carbocycles. The van der Waals surface area contributed by atoms with Crippen LogP contribution in [0.25, 0.3) is 0 Å². The molecule has 0 spiro atoms. The monoisotopic (exact) mass is 123 g/mol. The molecule has 0 aliphatic heterocycles. The number of hydrogen-bond acceptors (Lipinski definition) is 1. The highest BCUT2D eigenvalue weighted by atomic mass is 35.5. The number of rotatable bonds is 2. The van der Waals surface area contributed by atoms with Crippen LogP contribution in [-0.4, -0.2) is 12.5 Å². The van der Waals surface area contributed by atoms with Crippen molar-refractivity contribution in [3.63, 3.8) is 0 Å². The molecule has 1 unspecified atom stereocenters. The van der Waals surface area contributed by atoms with Gasteiger partial charge in [0.2, 0.25) is 0 Å². The molecule has 1 atom stereocenters. The third kappa shape index (κ3) is 3.76. The van der Waals surface area contributed by atoms with E-state index in [0.717, 1.165) is 0 Å². The average molecular weight is 124 g/mol. The molecule has 3 heteroatoms. The normalized spacial score (nSPS) is 15.3. The van der Waals surface area contributed by atoms with Crippen molar-refractivity contribution < 1.29 is 4.39 Å². The summed E-state index contributed by atoms with van der Waals surface area (Å²) in [6.45, 7) is 0. The molecule has 0 fully saturated rings. The van der Waals surface area contributed by atoms with Crippen LogP contribution in [0.5, 0.6) is 0 Å². The highest BCUT2D eigenvalue weighted by Gasteiger charge is 1.88. The molecule has 0 saturated carbocycles. The minimum absolute atomic E-state index is 0.384. The first-order chi connectivity index (χ1) is 3.31. The van der Waals surface area contributed by atoms with Crippen molar-refractivity contribution >= 4 is 11.6 Å². The molecule has 0 aliphatic rings. The van der Waals surface area contributed by atoms with Gasteiger partial charge in [0, 0.05) is 0 Å². The van der Waals surface area contributed by atoms with Crippen molar-refractivity contribution in [1.82, 2.24) is 5.32 Å². The van der Waals surface area contributed by atoms with Gasteiger partial charge in [0.1, 0.15) is 5.50 Å². The molecule has 0 saturated heterocycles. The average Bonchev–Trinajstić information content (AvgIpc) is 1.68. The maximum atomic E-state index is 11.1. The predicted octanol–water partition coefficient (Wildman–Crippen LogP) is 1.25. The van der Waals surface area contributed by atoms with E-state index in [1.54, 1.807) is 7.05 Å². The Labute approximate surface area is 47.2 Å². The van der Waals surface area contributed by atoms with Gasteiger partial charge in [0.25, 0.3) is 0 Å². The van der Waals surface area contributed by atoms with Crippen molar-refractivity contribution in [3.05, 3.63) is 12.4 Å². The summed E-state index contributed by atoms with van der Waals surface area (Å²) in [5.74, 6) is 0. The van der Waals surface area contributed by atoms with Crippen LogP contribution in [0.3, 0.4) is 0 Å². The highest BCUT2D eigenvalue weighted by molar-refractivity contribution is 6.21. The topological polar surface area (TPSA) is 12.0 Å². The van der Waals surface area contributed by atoms with Gasteiger partial charge < -0.3 is 5.32 Å². The van der Waals surface area contributed by atoms with E-state index in [9.17, 15) is 4.39 Å². The lowest BCUT2D eigenvalue weighted by Gasteiger charge is -1.95. The van der Waals surface area contributed by atoms with Gasteiger partial charge >= 0.3 is 0 Å². The molecule has 0 aromatic rings. The molecular formula is C4H7ClFN. The lowest BCUT2D eigenvalue weighted by Crippen LogP contribution is -2.14. The highest BCUT2D eigenvalue weighted by Crippen LogP contribution is 1.89. The minimum atomic E-state index is -0.384. The predicted molar refractivity (Wildman–Crippen MR) is 28.9 cm³/mol. The maximum Gasteiger partial charge on any atom is 0.103 e. The zero-order chi connectivity index (χ0) is 5.70. The second kappa shape index (κ2) is 4.09. The van der Waals surface area contributed by atoms with E-state index in [-0.39, 0.29) is 5.50 Å². The molecule has 0 aromatic heterocycles. The third-order valence-corrected chi connectivity index (χ3v) is 0.881. The summed E-state index contributed by atoms with van der Waals surface area (Å²) >= 11 is 5.33. The van der Waals surface area contributed by atoms with Crippen molar-refractivity contribution in [1.29, 1.82) is 0 Å². The van der Waals surface area contributed by atoms with E-state index < -0.39 is 0 Å². The van der Waals surface area contributed by atoms with Gasteiger partial charge in [-0.05, 0) is 13.1 Å². The summed E-state index contributed by atoms with van der Waals surface area (Å²) in [5, 5.41) is 2.60. The number of halogens is 2. The Morgan fingerprint density at radius 1 is 1.86 bits per heavy atom. The summed E-state index contributed by atoms with van der Waals surface area (Å²) < 4.78 is 11.1. The summed E-state index contributed by atoms with van der Waals surface area (Å²) in [6.07, 6.45) is 1.62. The number of likely N-dealkylation sites (N-methyl/N-ethyl adjacent to an activating group) is 1. The van der Waals surface area contributed by atoms with E-state index in [4.69, 9.17) is 11.6 Å². The van der Waals surface area contributed by atoms with Gasteiger partial charge in [0.05, 0.1) is 6.33 Å². The Kier molecular flexibility index (Phi) is 4.04. The smallest absolute Gasteiger partial charge is 0.103 e. The third-order valence-electron chi connectivity index (χ3n) is 0.517. The first-order valence-electron chi connectivity index (χ1n) is 1.89. The molecule has 1 N–H and O–H groups in total. The van der Waals surface area contributed by atoms with Crippen LogP contribution in [0.15, 0.2) is 12.4 Å². The van der Waals surface area contributed by atoms with E-state index in [1.165, 1.54) is 6.08 Å². The van der Waals surface area contributed by atoms with E-state index in [0.29, 0.717) is 6.33 Å². The zero-order valence-corrected chi connectivity index (χ0v) is 4.74. The molecule has 1 nitrogen and oxygen atoms in total. The number of nitrogens with one attached hydrogen (secondary N) is 1. The molecule has 0 bridgehead atoms. The Morgan fingerprint density at radius 3 is 2.57 bits per heavy atom. The van der Waals surface area contributed by atoms with Crippen LogP contribution < -0.4 is 5.32 Å². The Hall–Kier alpha value is -0.0800. The molecule has 0 aliphatic carbocycles. The van der Waals surface area contributed by atoms with Crippen LogP contribution in [0.4, 0.5) is 4.39 Å². The van der Waals surface area contributed by atoms with Gasteiger partial charge in [0.15, 0.2) is 0 Å². The van der Waals surface area contributed by atoms with Crippen LogP contribution in [-0.2, 0) is 0 Å². The zero-order valence-electron chi connectivity index (χ0n) is 3.99. The van der Waals surface area contributed by atoms with Gasteiger partial charge in [-0.1, -0.05) is 0 Å². The Bertz CT molecular complexity index is 64.7. The van der Waals surface area contributed by atoms with E-state index >= 15 is 0 Å². The van der Waals surface area contributed by atoms with Crippen molar-refractivity contribution in [3.8, 4) is 0 Å². The van der Waals surface area contributed by atoms with Crippen molar-refractivity contribution in [2.45, 2.75) is 5.50 Å². The van der Waals surface area contributed by atoms with Crippen molar-refractivity contribution in [2.75, 3.05) is 7.05 Å². The van der Waals surface area contributed by atoms with Gasteiger partial charge in [-0.25, -0.2) is 4.39 Å². The molecule has 7 heavy (non-hydrogen) atoms. The van der Waals surface area contributed by atoms with Gasteiger partial charge in [-0.15, -0.1) is 11.6 Å². The summed E-state index contributed by atoms with van der Waals surface area (Å²) in [4.78, 5) is 0. The van der Waals surface area contributed by atoms with E-state index in [1.807, 2.05) is 0 Å². The molecule has 42 valence electrons. The largest absolute Gasteiger partial charge is 0.301 e. The summed E-state index contributed by atoms with van der Waals surface area (Å²) in [5.41, 5.74) is -0.384. The quantitative estimate of drug-likeness (QED) is 0.431. The summed E-state index contributed by atoms with van der Waals surface area (Å²) in [6, 6.07) is 0. The maximum absolute atomic E-state index is 11.1. The first-order valence-corrected chi connectivity index (χ1v) is 2.33. The Morgan fingerprint density at radius 2 is 2.43 bits per heavy atom. The van der Waals surface area contributed by atoms with Crippen LogP contribution in [0.2, 0.25) is 0 Å². The van der Waals surface area contributed by atoms with Crippen LogP contribution in [0.1, 0.15) is 0 Å². The standard InChI is InChI=1S/C4H7ClFN/c1-7-4(5)2-3-6/h2-4,7H,1H3/b3-2+. The van der Waals surface area contributed by atoms with Gasteiger partial charge in [-0.3, -0.25) is 0 Å².